The molecule has 0 aliphatic rings. The van der Waals surface area contributed by atoms with E-state index in [-0.39, 0.29) is 24.2 Å². The number of rotatable bonds is 7. The van der Waals surface area contributed by atoms with E-state index in [1.165, 1.54) is 23.9 Å². The number of hydrogen-bond donors (Lipinski definition) is 1. The molecule has 1 aromatic heterocycles. The third kappa shape index (κ3) is 4.82. The van der Waals surface area contributed by atoms with Crippen molar-refractivity contribution in [1.82, 2.24) is 10.2 Å². The molecule has 1 N–H and O–H groups in total. The molecule has 0 radical (unpaired) electrons. The van der Waals surface area contributed by atoms with Crippen LogP contribution in [0.3, 0.4) is 0 Å². The van der Waals surface area contributed by atoms with Crippen LogP contribution in [0.2, 0.25) is 0 Å². The van der Waals surface area contributed by atoms with Crippen molar-refractivity contribution in [3.05, 3.63) is 54.3 Å². The summed E-state index contributed by atoms with van der Waals surface area (Å²) in [7, 11) is 1.57. The van der Waals surface area contributed by atoms with Crippen molar-refractivity contribution >= 4 is 23.7 Å². The number of amides is 1. The molecular weight excluding hydrogens is 357 g/mol. The summed E-state index contributed by atoms with van der Waals surface area (Å²) in [4.78, 5) is 12.9. The first-order chi connectivity index (χ1) is 12.6. The van der Waals surface area contributed by atoms with Crippen molar-refractivity contribution in [3.63, 3.8) is 0 Å². The van der Waals surface area contributed by atoms with Crippen molar-refractivity contribution < 1.29 is 18.3 Å². The van der Waals surface area contributed by atoms with Gasteiger partial charge in [0.2, 0.25) is 11.8 Å². The van der Waals surface area contributed by atoms with Crippen LogP contribution >= 0.6 is 11.8 Å². The molecule has 1 amide bonds. The lowest BCUT2D eigenvalue weighted by Gasteiger charge is -2.02. The molecule has 6 nitrogen and oxygen atoms in total. The molecule has 0 aliphatic carbocycles. The minimum atomic E-state index is -0.282. The predicted octanol–water partition coefficient (Wildman–Crippen LogP) is 4.01. The third-order valence-electron chi connectivity index (χ3n) is 3.40. The molecule has 26 heavy (non-hydrogen) atoms. The highest BCUT2D eigenvalue weighted by molar-refractivity contribution is 7.99. The molecule has 3 rings (SSSR count). The second-order valence-corrected chi connectivity index (χ2v) is 6.41. The standard InChI is InChI=1S/C18H16FN3O3S/c1-24-14-4-2-3-12(11-14)17-21-22-18(25-17)20-16(23)9-10-26-15-7-5-13(19)6-8-15/h2-8,11H,9-10H2,1H3,(H,20,22,23). The number of halogens is 1. The number of carbonyl (C=O) groups excluding carboxylic acids is 1. The predicted molar refractivity (Wildman–Crippen MR) is 96.7 cm³/mol. The summed E-state index contributed by atoms with van der Waals surface area (Å²) in [5, 5.41) is 10.3. The molecule has 0 fully saturated rings. The number of carbonyl (C=O) groups is 1. The Kier molecular flexibility index (Phi) is 5.85. The Hall–Kier alpha value is -2.87. The Morgan fingerprint density at radius 2 is 2.04 bits per heavy atom. The molecule has 8 heteroatoms. The van der Waals surface area contributed by atoms with Gasteiger partial charge in [-0.25, -0.2) is 4.39 Å². The molecule has 0 saturated heterocycles. The van der Waals surface area contributed by atoms with Crippen molar-refractivity contribution in [2.45, 2.75) is 11.3 Å². The van der Waals surface area contributed by atoms with E-state index in [1.54, 1.807) is 37.4 Å². The number of thioether (sulfide) groups is 1. The monoisotopic (exact) mass is 373 g/mol. The zero-order valence-electron chi connectivity index (χ0n) is 13.9. The first-order valence-corrected chi connectivity index (χ1v) is 8.79. The Morgan fingerprint density at radius 1 is 1.23 bits per heavy atom. The van der Waals surface area contributed by atoms with Gasteiger partial charge in [0.25, 0.3) is 0 Å². The zero-order chi connectivity index (χ0) is 18.4. The summed E-state index contributed by atoms with van der Waals surface area (Å²) in [6.07, 6.45) is 0.263. The molecule has 0 bridgehead atoms. The highest BCUT2D eigenvalue weighted by Gasteiger charge is 2.12. The summed E-state index contributed by atoms with van der Waals surface area (Å²) in [6, 6.07) is 13.4. The largest absolute Gasteiger partial charge is 0.497 e. The number of methoxy groups -OCH3 is 1. The first-order valence-electron chi connectivity index (χ1n) is 7.80. The molecular formula is C18H16FN3O3S. The van der Waals surface area contributed by atoms with E-state index in [2.05, 4.69) is 15.5 Å². The summed E-state index contributed by atoms with van der Waals surface area (Å²) in [5.41, 5.74) is 0.698. The topological polar surface area (TPSA) is 77.3 Å². The number of ether oxygens (including phenoxy) is 1. The van der Waals surface area contributed by atoms with E-state index in [0.29, 0.717) is 23.0 Å². The Labute approximate surface area is 153 Å². The molecule has 0 unspecified atom stereocenters. The number of nitrogens with zero attached hydrogens (tertiary/aromatic N) is 2. The number of hydrogen-bond acceptors (Lipinski definition) is 6. The number of aromatic nitrogens is 2. The van der Waals surface area contributed by atoms with Gasteiger partial charge in [-0.3, -0.25) is 10.1 Å². The molecule has 0 spiro atoms. The fourth-order valence-corrected chi connectivity index (χ4v) is 2.97. The van der Waals surface area contributed by atoms with Gasteiger partial charge in [-0.1, -0.05) is 11.2 Å². The second-order valence-electron chi connectivity index (χ2n) is 5.24. The molecule has 134 valence electrons. The van der Waals surface area contributed by atoms with Gasteiger partial charge in [-0.15, -0.1) is 16.9 Å². The molecule has 0 aliphatic heterocycles. The molecule has 1 heterocycles. The smallest absolute Gasteiger partial charge is 0.322 e. The average Bonchev–Trinajstić information content (AvgIpc) is 3.12. The molecule has 0 atom stereocenters. The van der Waals surface area contributed by atoms with E-state index in [1.807, 2.05) is 6.07 Å². The quantitative estimate of drug-likeness (QED) is 0.631. The van der Waals surface area contributed by atoms with Gasteiger partial charge in [0.1, 0.15) is 11.6 Å². The van der Waals surface area contributed by atoms with Crippen LogP contribution in [0.4, 0.5) is 10.4 Å². The van der Waals surface area contributed by atoms with Crippen LogP contribution in [-0.2, 0) is 4.79 Å². The van der Waals surface area contributed by atoms with E-state index in [9.17, 15) is 9.18 Å². The highest BCUT2D eigenvalue weighted by Crippen LogP contribution is 2.24. The van der Waals surface area contributed by atoms with Crippen molar-refractivity contribution in [2.75, 3.05) is 18.2 Å². The number of nitrogens with one attached hydrogen (secondary N) is 1. The van der Waals surface area contributed by atoms with E-state index in [0.717, 1.165) is 4.90 Å². The molecule has 2 aromatic carbocycles. The fourth-order valence-electron chi connectivity index (χ4n) is 2.12. The summed E-state index contributed by atoms with van der Waals surface area (Å²) in [6.45, 7) is 0. The van der Waals surface area contributed by atoms with Gasteiger partial charge in [-0.05, 0) is 42.5 Å². The maximum atomic E-state index is 12.8. The minimum absolute atomic E-state index is 0.0413. The van der Waals surface area contributed by atoms with Crippen LogP contribution in [0.15, 0.2) is 57.8 Å². The first kappa shape index (κ1) is 17.9. The van der Waals surface area contributed by atoms with Crippen LogP contribution in [-0.4, -0.2) is 29.0 Å². The normalized spacial score (nSPS) is 10.5. The van der Waals surface area contributed by atoms with Gasteiger partial charge in [0, 0.05) is 22.6 Å². The van der Waals surface area contributed by atoms with Gasteiger partial charge < -0.3 is 9.15 Å². The SMILES string of the molecule is COc1cccc(-c2nnc(NC(=O)CCSc3ccc(F)cc3)o2)c1. The van der Waals surface area contributed by atoms with E-state index < -0.39 is 0 Å². The molecule has 3 aromatic rings. The Bertz CT molecular complexity index is 883. The maximum absolute atomic E-state index is 12.8. The fraction of sp³-hybridized carbons (Fsp3) is 0.167. The van der Waals surface area contributed by atoms with Crippen LogP contribution < -0.4 is 10.1 Å². The summed E-state index contributed by atoms with van der Waals surface area (Å²) >= 11 is 1.47. The summed E-state index contributed by atoms with van der Waals surface area (Å²) in [5.74, 6) is 0.994. The van der Waals surface area contributed by atoms with Gasteiger partial charge >= 0.3 is 6.01 Å². The summed E-state index contributed by atoms with van der Waals surface area (Å²) < 4.78 is 23.5. The lowest BCUT2D eigenvalue weighted by Crippen LogP contribution is -2.12. The maximum Gasteiger partial charge on any atom is 0.322 e. The zero-order valence-corrected chi connectivity index (χ0v) is 14.8. The van der Waals surface area contributed by atoms with E-state index >= 15 is 0 Å². The van der Waals surface area contributed by atoms with Crippen LogP contribution in [0, 0.1) is 5.82 Å². The number of benzene rings is 2. The lowest BCUT2D eigenvalue weighted by molar-refractivity contribution is -0.115. The van der Waals surface area contributed by atoms with Crippen molar-refractivity contribution in [3.8, 4) is 17.2 Å². The van der Waals surface area contributed by atoms with Crippen molar-refractivity contribution in [1.29, 1.82) is 0 Å². The second kappa shape index (κ2) is 8.48. The highest BCUT2D eigenvalue weighted by atomic mass is 32.2. The lowest BCUT2D eigenvalue weighted by atomic mass is 10.2. The minimum Gasteiger partial charge on any atom is -0.497 e. The van der Waals surface area contributed by atoms with E-state index in [4.69, 9.17) is 9.15 Å². The molecule has 0 saturated carbocycles. The van der Waals surface area contributed by atoms with Crippen LogP contribution in [0.5, 0.6) is 5.75 Å². The van der Waals surface area contributed by atoms with Crippen LogP contribution in [0.1, 0.15) is 6.42 Å². The number of anilines is 1. The Balaban J connectivity index is 1.51. The van der Waals surface area contributed by atoms with Gasteiger partial charge in [-0.2, -0.15) is 0 Å². The third-order valence-corrected chi connectivity index (χ3v) is 4.41. The van der Waals surface area contributed by atoms with Gasteiger partial charge in [0.05, 0.1) is 7.11 Å². The van der Waals surface area contributed by atoms with Crippen molar-refractivity contribution in [2.24, 2.45) is 0 Å². The average molecular weight is 373 g/mol. The van der Waals surface area contributed by atoms with Gasteiger partial charge in [0.15, 0.2) is 0 Å². The Morgan fingerprint density at radius 3 is 2.81 bits per heavy atom. The van der Waals surface area contributed by atoms with Crippen LogP contribution in [0.25, 0.3) is 11.5 Å².